The quantitative estimate of drug-likeness (QED) is 0.276. The highest BCUT2D eigenvalue weighted by atomic mass is 32.2. The van der Waals surface area contributed by atoms with E-state index < -0.39 is 0 Å². The maximum Gasteiger partial charge on any atom is 0.267 e. The van der Waals surface area contributed by atoms with Crippen LogP contribution in [0.15, 0.2) is 52.4 Å². The van der Waals surface area contributed by atoms with Crippen molar-refractivity contribution in [1.82, 2.24) is 24.5 Å². The SMILES string of the molecule is CCCCCC(C)NC(=O)CSc1nnc2n(-c3ccc(C)cc3C)c(=O)c3ccccc3n12. The number of para-hydroxylation sites is 1. The van der Waals surface area contributed by atoms with Crippen LogP contribution in [0.25, 0.3) is 22.4 Å². The largest absolute Gasteiger partial charge is 0.353 e. The minimum Gasteiger partial charge on any atom is -0.353 e. The zero-order valence-electron chi connectivity index (χ0n) is 20.2. The van der Waals surface area contributed by atoms with E-state index >= 15 is 0 Å². The van der Waals surface area contributed by atoms with Gasteiger partial charge in [-0.3, -0.25) is 14.0 Å². The Balaban J connectivity index is 1.70. The fourth-order valence-electron chi connectivity index (χ4n) is 4.26. The van der Waals surface area contributed by atoms with Crippen LogP contribution in [0.4, 0.5) is 0 Å². The number of nitrogens with zero attached hydrogens (tertiary/aromatic N) is 4. The molecule has 0 bridgehead atoms. The van der Waals surface area contributed by atoms with E-state index in [4.69, 9.17) is 0 Å². The summed E-state index contributed by atoms with van der Waals surface area (Å²) in [6.07, 6.45) is 4.43. The molecule has 2 heterocycles. The van der Waals surface area contributed by atoms with Crippen molar-refractivity contribution in [2.45, 2.75) is 64.6 Å². The molecule has 0 spiro atoms. The molecule has 1 amide bonds. The number of hydrogen-bond donors (Lipinski definition) is 1. The molecule has 0 saturated heterocycles. The molecule has 178 valence electrons. The lowest BCUT2D eigenvalue weighted by Gasteiger charge is -2.14. The molecule has 0 saturated carbocycles. The van der Waals surface area contributed by atoms with Crippen molar-refractivity contribution < 1.29 is 4.79 Å². The van der Waals surface area contributed by atoms with E-state index in [1.165, 1.54) is 18.2 Å². The lowest BCUT2D eigenvalue weighted by atomic mass is 10.1. The molecule has 8 heteroatoms. The highest BCUT2D eigenvalue weighted by molar-refractivity contribution is 7.99. The number of carbonyl (C=O) groups is 1. The van der Waals surface area contributed by atoms with Crippen molar-refractivity contribution in [3.8, 4) is 5.69 Å². The number of carbonyl (C=O) groups excluding carboxylic acids is 1. The molecule has 4 aromatic rings. The standard InChI is InChI=1S/C26H31N5O2S/c1-5-6-7-10-19(4)27-23(32)16-34-26-29-28-25-30(21-14-13-17(2)15-18(21)3)24(33)20-11-8-9-12-22(20)31(25)26/h8-9,11-15,19H,5-7,10,16H2,1-4H3,(H,27,32). The molecule has 4 rings (SSSR count). The molecule has 0 aliphatic heterocycles. The number of unbranched alkanes of at least 4 members (excludes halogenated alkanes) is 2. The third-order valence-electron chi connectivity index (χ3n) is 5.97. The summed E-state index contributed by atoms with van der Waals surface area (Å²) in [5, 5.41) is 13.0. The smallest absolute Gasteiger partial charge is 0.267 e. The maximum atomic E-state index is 13.5. The molecule has 0 fully saturated rings. The average molecular weight is 478 g/mol. The van der Waals surface area contributed by atoms with Crippen molar-refractivity contribution in [2.75, 3.05) is 5.75 Å². The van der Waals surface area contributed by atoms with Gasteiger partial charge in [0.2, 0.25) is 11.7 Å². The van der Waals surface area contributed by atoms with Crippen molar-refractivity contribution in [2.24, 2.45) is 0 Å². The number of nitrogens with one attached hydrogen (secondary N) is 1. The summed E-state index contributed by atoms with van der Waals surface area (Å²) in [4.78, 5) is 26.1. The summed E-state index contributed by atoms with van der Waals surface area (Å²) in [5.41, 5.74) is 3.46. The number of fused-ring (bicyclic) bond motifs is 3. The second-order valence-corrected chi connectivity index (χ2v) is 9.76. The molecule has 34 heavy (non-hydrogen) atoms. The second kappa shape index (κ2) is 10.4. The number of thioether (sulfide) groups is 1. The lowest BCUT2D eigenvalue weighted by Crippen LogP contribution is -2.33. The number of aromatic nitrogens is 4. The third-order valence-corrected chi connectivity index (χ3v) is 6.90. The van der Waals surface area contributed by atoms with Gasteiger partial charge in [0.1, 0.15) is 0 Å². The van der Waals surface area contributed by atoms with Crippen LogP contribution in [-0.4, -0.2) is 36.9 Å². The topological polar surface area (TPSA) is 81.3 Å². The van der Waals surface area contributed by atoms with Gasteiger partial charge >= 0.3 is 0 Å². The second-order valence-electron chi connectivity index (χ2n) is 8.82. The summed E-state index contributed by atoms with van der Waals surface area (Å²) in [6, 6.07) is 13.6. The first kappa shape index (κ1) is 24.0. The fraction of sp³-hybridized carbons (Fsp3) is 0.385. The van der Waals surface area contributed by atoms with Gasteiger partial charge in [-0.05, 0) is 51.0 Å². The zero-order valence-corrected chi connectivity index (χ0v) is 21.0. The van der Waals surface area contributed by atoms with E-state index in [2.05, 4.69) is 22.4 Å². The average Bonchev–Trinajstić information content (AvgIpc) is 3.23. The van der Waals surface area contributed by atoms with E-state index in [1.54, 1.807) is 4.57 Å². The Kier molecular flexibility index (Phi) is 7.36. The van der Waals surface area contributed by atoms with Crippen molar-refractivity contribution >= 4 is 34.3 Å². The first-order valence-corrected chi connectivity index (χ1v) is 12.8. The Labute approximate surface area is 203 Å². The van der Waals surface area contributed by atoms with Crippen molar-refractivity contribution in [3.05, 3.63) is 63.9 Å². The van der Waals surface area contributed by atoms with Crippen LogP contribution in [0.5, 0.6) is 0 Å². The minimum absolute atomic E-state index is 0.0299. The molecule has 2 aromatic heterocycles. The number of aryl methyl sites for hydroxylation is 2. The van der Waals surface area contributed by atoms with E-state index in [9.17, 15) is 9.59 Å². The van der Waals surface area contributed by atoms with E-state index in [0.29, 0.717) is 16.3 Å². The first-order chi connectivity index (χ1) is 16.4. The molecule has 7 nitrogen and oxygen atoms in total. The predicted octanol–water partition coefficient (Wildman–Crippen LogP) is 4.83. The third kappa shape index (κ3) is 4.87. The lowest BCUT2D eigenvalue weighted by molar-refractivity contribution is -0.119. The summed E-state index contributed by atoms with van der Waals surface area (Å²) in [6.45, 7) is 8.22. The molecular weight excluding hydrogens is 446 g/mol. The Bertz CT molecular complexity index is 1390. The summed E-state index contributed by atoms with van der Waals surface area (Å²) in [7, 11) is 0. The van der Waals surface area contributed by atoms with Crippen LogP contribution in [0.1, 0.15) is 50.7 Å². The van der Waals surface area contributed by atoms with Crippen LogP contribution < -0.4 is 10.9 Å². The van der Waals surface area contributed by atoms with Gasteiger partial charge in [-0.25, -0.2) is 4.57 Å². The maximum absolute atomic E-state index is 13.5. The van der Waals surface area contributed by atoms with Crippen LogP contribution >= 0.6 is 11.8 Å². The van der Waals surface area contributed by atoms with Crippen LogP contribution in [0.2, 0.25) is 0 Å². The van der Waals surface area contributed by atoms with Crippen LogP contribution in [0, 0.1) is 13.8 Å². The van der Waals surface area contributed by atoms with Gasteiger partial charge < -0.3 is 5.32 Å². The van der Waals surface area contributed by atoms with Gasteiger partial charge in [0, 0.05) is 6.04 Å². The van der Waals surface area contributed by atoms with Crippen LogP contribution in [0.3, 0.4) is 0 Å². The molecule has 1 N–H and O–H groups in total. The van der Waals surface area contributed by atoms with Gasteiger partial charge in [-0.2, -0.15) is 0 Å². The summed E-state index contributed by atoms with van der Waals surface area (Å²) >= 11 is 1.33. The van der Waals surface area contributed by atoms with E-state index in [0.717, 1.165) is 41.6 Å². The summed E-state index contributed by atoms with van der Waals surface area (Å²) in [5.74, 6) is 0.639. The molecule has 2 aromatic carbocycles. The van der Waals surface area contributed by atoms with Gasteiger partial charge in [0.15, 0.2) is 5.16 Å². The Hall–Kier alpha value is -3.13. The number of hydrogen-bond acceptors (Lipinski definition) is 5. The van der Waals surface area contributed by atoms with Crippen molar-refractivity contribution in [3.63, 3.8) is 0 Å². The monoisotopic (exact) mass is 477 g/mol. The zero-order chi connectivity index (χ0) is 24.2. The van der Waals surface area contributed by atoms with Crippen LogP contribution in [-0.2, 0) is 4.79 Å². The molecule has 0 aliphatic carbocycles. The van der Waals surface area contributed by atoms with Gasteiger partial charge in [0.05, 0.1) is 22.3 Å². The van der Waals surface area contributed by atoms with E-state index in [-0.39, 0.29) is 23.3 Å². The Morgan fingerprint density at radius 1 is 1.12 bits per heavy atom. The fourth-order valence-corrected chi connectivity index (χ4v) is 5.02. The van der Waals surface area contributed by atoms with Gasteiger partial charge in [-0.15, -0.1) is 10.2 Å². The normalized spacial score (nSPS) is 12.4. The number of amides is 1. The molecule has 0 aliphatic rings. The Morgan fingerprint density at radius 3 is 2.68 bits per heavy atom. The molecule has 0 radical (unpaired) electrons. The highest BCUT2D eigenvalue weighted by Gasteiger charge is 2.19. The van der Waals surface area contributed by atoms with Gasteiger partial charge in [0.25, 0.3) is 5.56 Å². The first-order valence-electron chi connectivity index (χ1n) is 11.8. The Morgan fingerprint density at radius 2 is 1.91 bits per heavy atom. The molecular formula is C26H31N5O2S. The number of benzene rings is 2. The molecule has 1 atom stereocenters. The molecule has 1 unspecified atom stereocenters. The number of rotatable bonds is 9. The highest BCUT2D eigenvalue weighted by Crippen LogP contribution is 2.24. The predicted molar refractivity (Wildman–Crippen MR) is 138 cm³/mol. The minimum atomic E-state index is -0.141. The van der Waals surface area contributed by atoms with E-state index in [1.807, 2.05) is 67.6 Å². The summed E-state index contributed by atoms with van der Waals surface area (Å²) < 4.78 is 3.49. The van der Waals surface area contributed by atoms with Gasteiger partial charge in [-0.1, -0.05) is 67.8 Å². The van der Waals surface area contributed by atoms with Crippen molar-refractivity contribution in [1.29, 1.82) is 0 Å².